The monoisotopic (exact) mass is 426 g/mol. The molecule has 2 aliphatic carbocycles. The highest BCUT2D eigenvalue weighted by molar-refractivity contribution is 5.27. The minimum Gasteiger partial charge on any atom is -0.373 e. The first-order valence-electron chi connectivity index (χ1n) is 12.7. The number of epoxide rings is 1. The van der Waals surface area contributed by atoms with Gasteiger partial charge in [-0.3, -0.25) is 0 Å². The number of benzene rings is 1. The van der Waals surface area contributed by atoms with E-state index in [1.807, 2.05) is 0 Å². The fourth-order valence-electron chi connectivity index (χ4n) is 6.72. The van der Waals surface area contributed by atoms with Crippen molar-refractivity contribution >= 4 is 0 Å². The van der Waals surface area contributed by atoms with E-state index in [1.165, 1.54) is 76.6 Å². The highest BCUT2D eigenvalue weighted by atomic mass is 16.7. The van der Waals surface area contributed by atoms with Gasteiger partial charge in [0.15, 0.2) is 6.29 Å². The van der Waals surface area contributed by atoms with E-state index in [0.29, 0.717) is 23.9 Å². The lowest BCUT2D eigenvalue weighted by Crippen LogP contribution is -2.46. The van der Waals surface area contributed by atoms with Crippen LogP contribution in [0.5, 0.6) is 0 Å². The molecule has 5 heteroatoms. The van der Waals surface area contributed by atoms with Crippen LogP contribution in [0.1, 0.15) is 62.8 Å². The Balaban J connectivity index is 0.921. The highest BCUT2D eigenvalue weighted by Crippen LogP contribution is 2.44. The Morgan fingerprint density at radius 1 is 1.06 bits per heavy atom. The zero-order valence-electron chi connectivity index (χ0n) is 18.6. The predicted molar refractivity (Wildman–Crippen MR) is 120 cm³/mol. The number of ether oxygens (including phenoxy) is 2. The second kappa shape index (κ2) is 8.42. The molecular formula is C26H38N2O3. The van der Waals surface area contributed by atoms with Crippen molar-refractivity contribution in [2.24, 2.45) is 11.8 Å². The van der Waals surface area contributed by atoms with Crippen LogP contribution >= 0.6 is 0 Å². The Bertz CT molecular complexity index is 742. The van der Waals surface area contributed by atoms with Gasteiger partial charge in [0.1, 0.15) is 6.10 Å². The van der Waals surface area contributed by atoms with E-state index in [4.69, 9.17) is 9.47 Å². The van der Waals surface area contributed by atoms with Crippen LogP contribution in [0.15, 0.2) is 30.3 Å². The van der Waals surface area contributed by atoms with Gasteiger partial charge >= 0.3 is 0 Å². The van der Waals surface area contributed by atoms with Gasteiger partial charge in [0.2, 0.25) is 0 Å². The zero-order chi connectivity index (χ0) is 20.8. The third-order valence-corrected chi connectivity index (χ3v) is 8.82. The lowest BCUT2D eigenvalue weighted by molar-refractivity contribution is -0.0466. The molecule has 31 heavy (non-hydrogen) atoms. The second-order valence-corrected chi connectivity index (χ2v) is 11.0. The topological polar surface area (TPSA) is 57.3 Å². The van der Waals surface area contributed by atoms with Crippen LogP contribution in [0, 0.1) is 11.8 Å². The number of nitrogens with zero attached hydrogens (tertiary/aromatic N) is 1. The van der Waals surface area contributed by atoms with Crippen molar-refractivity contribution < 1.29 is 14.6 Å². The number of likely N-dealkylation sites (tertiary alicyclic amines) is 1. The molecule has 1 spiro atoms. The lowest BCUT2D eigenvalue weighted by Gasteiger charge is -2.40. The number of piperidine rings is 1. The molecule has 0 bridgehead atoms. The molecule has 0 aromatic heterocycles. The maximum Gasteiger partial charge on any atom is 0.182 e. The maximum atomic E-state index is 9.50. The highest BCUT2D eigenvalue weighted by Gasteiger charge is 2.47. The maximum absolute atomic E-state index is 9.50. The van der Waals surface area contributed by atoms with E-state index in [1.54, 1.807) is 0 Å². The third-order valence-electron chi connectivity index (χ3n) is 8.82. The van der Waals surface area contributed by atoms with Gasteiger partial charge in [0.25, 0.3) is 0 Å². The number of nitrogens with one attached hydrogen (secondary N) is 1. The summed E-state index contributed by atoms with van der Waals surface area (Å²) in [4.78, 5) is 2.69. The molecule has 5 fully saturated rings. The summed E-state index contributed by atoms with van der Waals surface area (Å²) in [7, 11) is 0. The minimum absolute atomic E-state index is 0.127. The molecule has 1 aromatic rings. The third kappa shape index (κ3) is 4.58. The molecule has 3 unspecified atom stereocenters. The molecule has 0 radical (unpaired) electrons. The van der Waals surface area contributed by atoms with Gasteiger partial charge in [0.05, 0.1) is 12.2 Å². The normalized spacial score (nSPS) is 42.0. The van der Waals surface area contributed by atoms with Crippen LogP contribution in [0.4, 0.5) is 0 Å². The summed E-state index contributed by atoms with van der Waals surface area (Å²) < 4.78 is 11.7. The van der Waals surface area contributed by atoms with E-state index >= 15 is 0 Å². The van der Waals surface area contributed by atoms with Crippen LogP contribution < -0.4 is 5.32 Å². The first-order chi connectivity index (χ1) is 15.2. The summed E-state index contributed by atoms with van der Waals surface area (Å²) in [6, 6.07) is 12.1. The van der Waals surface area contributed by atoms with E-state index in [0.717, 1.165) is 12.5 Å². The van der Waals surface area contributed by atoms with E-state index in [9.17, 15) is 5.11 Å². The quantitative estimate of drug-likeness (QED) is 0.684. The average Bonchev–Trinajstić information content (AvgIpc) is 3.70. The Labute approximate surface area is 186 Å². The first-order valence-corrected chi connectivity index (χ1v) is 12.7. The van der Waals surface area contributed by atoms with Gasteiger partial charge in [-0.2, -0.15) is 0 Å². The van der Waals surface area contributed by atoms with Gasteiger partial charge in [-0.25, -0.2) is 0 Å². The number of aliphatic hydroxyl groups excluding tert-OH is 1. The molecule has 170 valence electrons. The van der Waals surface area contributed by atoms with Crippen LogP contribution in [0.2, 0.25) is 0 Å². The molecule has 5 aliphatic rings. The molecule has 3 saturated heterocycles. The predicted octanol–water partition coefficient (Wildman–Crippen LogP) is 3.28. The van der Waals surface area contributed by atoms with Crippen molar-refractivity contribution in [3.05, 3.63) is 35.9 Å². The van der Waals surface area contributed by atoms with Crippen LogP contribution in [-0.2, 0) is 9.47 Å². The fraction of sp³-hybridized carbons (Fsp3) is 0.769. The summed E-state index contributed by atoms with van der Waals surface area (Å²) in [6.07, 6.45) is 9.58. The Morgan fingerprint density at radius 2 is 1.81 bits per heavy atom. The summed E-state index contributed by atoms with van der Waals surface area (Å²) in [5, 5.41) is 13.4. The van der Waals surface area contributed by atoms with Gasteiger partial charge < -0.3 is 24.8 Å². The molecule has 2 saturated carbocycles. The Kier molecular flexibility index (Phi) is 5.60. The number of hydrogen-bond donors (Lipinski definition) is 2. The van der Waals surface area contributed by atoms with E-state index < -0.39 is 6.29 Å². The number of hydrogen-bond acceptors (Lipinski definition) is 5. The lowest BCUT2D eigenvalue weighted by atomic mass is 9.79. The van der Waals surface area contributed by atoms with Gasteiger partial charge in [0, 0.05) is 37.6 Å². The zero-order valence-corrected chi connectivity index (χ0v) is 18.6. The summed E-state index contributed by atoms with van der Waals surface area (Å²) in [5.41, 5.74) is 1.61. The van der Waals surface area contributed by atoms with Crippen molar-refractivity contribution in [3.63, 3.8) is 0 Å². The largest absolute Gasteiger partial charge is 0.373 e. The molecule has 0 amide bonds. The van der Waals surface area contributed by atoms with E-state index in [2.05, 4.69) is 40.5 Å². The molecule has 2 N–H and O–H groups in total. The van der Waals surface area contributed by atoms with Gasteiger partial charge in [-0.1, -0.05) is 30.3 Å². The molecule has 3 heterocycles. The average molecular weight is 427 g/mol. The number of aliphatic hydroxyl groups is 1. The molecular weight excluding hydrogens is 388 g/mol. The molecule has 6 rings (SSSR count). The van der Waals surface area contributed by atoms with E-state index in [-0.39, 0.29) is 11.7 Å². The minimum atomic E-state index is -0.464. The summed E-state index contributed by atoms with van der Waals surface area (Å²) in [5.74, 6) is 2.12. The standard InChI is InChI=1S/C26H38N2O3/c29-25-24(31-25)20-8-6-18(7-9-20)16-28-12-10-26(11-13-28)15-21(17-30-26)27-23-14-22(23)19-4-2-1-3-5-19/h1-5,18,20-25,27,29H,6-17H2/t18?,20?,21?,22-,23+,24?,25?/m0/s1. The number of rotatable bonds is 6. The molecule has 5 atom stereocenters. The second-order valence-electron chi connectivity index (χ2n) is 11.0. The van der Waals surface area contributed by atoms with Crippen LogP contribution in [0.3, 0.4) is 0 Å². The molecule has 3 aliphatic heterocycles. The van der Waals surface area contributed by atoms with Crippen molar-refractivity contribution in [1.29, 1.82) is 0 Å². The first kappa shape index (κ1) is 20.6. The van der Waals surface area contributed by atoms with Crippen molar-refractivity contribution in [2.75, 3.05) is 26.2 Å². The van der Waals surface area contributed by atoms with Gasteiger partial charge in [-0.15, -0.1) is 0 Å². The smallest absolute Gasteiger partial charge is 0.182 e. The SMILES string of the molecule is OC1OC1C1CCC(CN2CCC3(CC2)CC(N[C@@H]2C[C@H]2c2ccccc2)CO3)CC1. The van der Waals surface area contributed by atoms with Crippen LogP contribution in [-0.4, -0.2) is 66.3 Å². The van der Waals surface area contributed by atoms with Crippen molar-refractivity contribution in [1.82, 2.24) is 10.2 Å². The fourth-order valence-corrected chi connectivity index (χ4v) is 6.72. The molecule has 1 aromatic carbocycles. The summed E-state index contributed by atoms with van der Waals surface area (Å²) in [6.45, 7) is 4.51. The van der Waals surface area contributed by atoms with Gasteiger partial charge in [-0.05, 0) is 68.8 Å². The van der Waals surface area contributed by atoms with Crippen molar-refractivity contribution in [3.8, 4) is 0 Å². The Morgan fingerprint density at radius 3 is 2.52 bits per heavy atom. The molecule has 5 nitrogen and oxygen atoms in total. The Hall–Kier alpha value is -0.980. The van der Waals surface area contributed by atoms with Crippen LogP contribution in [0.25, 0.3) is 0 Å². The summed E-state index contributed by atoms with van der Waals surface area (Å²) >= 11 is 0. The van der Waals surface area contributed by atoms with Crippen molar-refractivity contribution in [2.45, 2.75) is 87.4 Å².